The second-order valence-electron chi connectivity index (χ2n) is 6.62. The highest BCUT2D eigenvalue weighted by molar-refractivity contribution is 8.13. The van der Waals surface area contributed by atoms with Crippen LogP contribution >= 0.6 is 23.4 Å². The highest BCUT2D eigenvalue weighted by atomic mass is 35.5. The predicted molar refractivity (Wildman–Crippen MR) is 96.4 cm³/mol. The van der Waals surface area contributed by atoms with Crippen molar-refractivity contribution in [3.05, 3.63) is 34.3 Å². The third-order valence-electron chi connectivity index (χ3n) is 4.17. The van der Waals surface area contributed by atoms with Crippen LogP contribution in [-0.4, -0.2) is 34.2 Å². The molecule has 2 rings (SSSR count). The third kappa shape index (κ3) is 4.39. The van der Waals surface area contributed by atoms with Crippen molar-refractivity contribution in [2.45, 2.75) is 45.8 Å². The van der Waals surface area contributed by atoms with E-state index in [-0.39, 0.29) is 10.3 Å². The second kappa shape index (κ2) is 7.16. The number of rotatable bonds is 4. The molecule has 0 spiro atoms. The van der Waals surface area contributed by atoms with Crippen LogP contribution in [-0.2, 0) is 14.1 Å². The van der Waals surface area contributed by atoms with Crippen LogP contribution in [0.4, 0.5) is 4.39 Å². The van der Waals surface area contributed by atoms with Gasteiger partial charge in [0.2, 0.25) is 0 Å². The van der Waals surface area contributed by atoms with Gasteiger partial charge >= 0.3 is 7.12 Å². The molecular formula is C16H20BClFNO3S. The molecule has 0 bridgehead atoms. The summed E-state index contributed by atoms with van der Waals surface area (Å²) in [6.07, 6.45) is 2.73. The minimum Gasteiger partial charge on any atom is -0.400 e. The molecule has 8 heteroatoms. The van der Waals surface area contributed by atoms with E-state index in [1.165, 1.54) is 13.0 Å². The summed E-state index contributed by atoms with van der Waals surface area (Å²) in [6.45, 7) is 9.26. The van der Waals surface area contributed by atoms with Gasteiger partial charge in [0.1, 0.15) is 11.0 Å². The Balaban J connectivity index is 2.37. The fourth-order valence-corrected chi connectivity index (χ4v) is 2.84. The molecule has 1 aromatic heterocycles. The summed E-state index contributed by atoms with van der Waals surface area (Å²) < 4.78 is 25.5. The third-order valence-corrected chi connectivity index (χ3v) is 5.37. The van der Waals surface area contributed by atoms with Crippen molar-refractivity contribution >= 4 is 41.7 Å². The van der Waals surface area contributed by atoms with Gasteiger partial charge < -0.3 is 9.31 Å². The first kappa shape index (κ1) is 19.4. The van der Waals surface area contributed by atoms with E-state index in [9.17, 15) is 9.18 Å². The van der Waals surface area contributed by atoms with Gasteiger partial charge in [0, 0.05) is 18.2 Å². The first-order chi connectivity index (χ1) is 11.0. The number of pyridine rings is 1. The number of nitrogens with zero attached hydrogens (tertiary/aromatic N) is 1. The standard InChI is InChI=1S/C16H20BClFNO3S/c1-10(21)24-9-12(6-11-7-13(19)8-20-14(11)18)17-22-15(2,3)16(4,5)23-17/h6-8H,9H2,1-5H3. The molecule has 1 fully saturated rings. The van der Waals surface area contributed by atoms with Crippen molar-refractivity contribution in [3.8, 4) is 0 Å². The van der Waals surface area contributed by atoms with Crippen molar-refractivity contribution in [2.75, 3.05) is 5.75 Å². The van der Waals surface area contributed by atoms with Gasteiger partial charge in [-0.25, -0.2) is 9.37 Å². The van der Waals surface area contributed by atoms with Gasteiger partial charge in [-0.3, -0.25) is 4.79 Å². The Hall–Kier alpha value is -0.885. The highest BCUT2D eigenvalue weighted by Crippen LogP contribution is 2.39. The molecule has 2 heterocycles. The van der Waals surface area contributed by atoms with E-state index in [1.807, 2.05) is 27.7 Å². The zero-order valence-electron chi connectivity index (χ0n) is 14.4. The molecule has 0 radical (unpaired) electrons. The van der Waals surface area contributed by atoms with Gasteiger partial charge in [0.15, 0.2) is 5.12 Å². The number of halogens is 2. The van der Waals surface area contributed by atoms with Crippen LogP contribution in [0.1, 0.15) is 40.2 Å². The van der Waals surface area contributed by atoms with Crippen molar-refractivity contribution < 1.29 is 18.5 Å². The van der Waals surface area contributed by atoms with E-state index < -0.39 is 24.1 Å². The molecule has 130 valence electrons. The summed E-state index contributed by atoms with van der Waals surface area (Å²) in [5, 5.41) is 0.152. The minimum atomic E-state index is -0.638. The SMILES string of the molecule is CC(=O)SCC(=Cc1cc(F)cnc1Cl)B1OC(C)(C)C(C)(C)O1. The molecule has 0 amide bonds. The minimum absolute atomic E-state index is 0.0270. The van der Waals surface area contributed by atoms with Gasteiger partial charge in [-0.2, -0.15) is 0 Å². The maximum Gasteiger partial charge on any atom is 0.491 e. The lowest BCUT2D eigenvalue weighted by Gasteiger charge is -2.32. The molecule has 0 unspecified atom stereocenters. The summed E-state index contributed by atoms with van der Waals surface area (Å²) >= 11 is 7.18. The lowest BCUT2D eigenvalue weighted by atomic mass is 9.78. The number of carbonyl (C=O) groups is 1. The quantitative estimate of drug-likeness (QED) is 0.587. The first-order valence-corrected chi connectivity index (χ1v) is 8.89. The van der Waals surface area contributed by atoms with Gasteiger partial charge in [0.25, 0.3) is 0 Å². The summed E-state index contributed by atoms with van der Waals surface area (Å²) in [4.78, 5) is 15.1. The Morgan fingerprint density at radius 2 is 1.96 bits per heavy atom. The Morgan fingerprint density at radius 3 is 2.50 bits per heavy atom. The Labute approximate surface area is 151 Å². The summed E-state index contributed by atoms with van der Waals surface area (Å²) in [5.41, 5.74) is 0.0946. The van der Waals surface area contributed by atoms with E-state index in [4.69, 9.17) is 20.9 Å². The van der Waals surface area contributed by atoms with Gasteiger partial charge in [-0.1, -0.05) is 29.4 Å². The number of carbonyl (C=O) groups excluding carboxylic acids is 1. The van der Waals surface area contributed by atoms with Crippen molar-refractivity contribution in [1.82, 2.24) is 4.98 Å². The Kier molecular flexibility index (Phi) is 5.80. The van der Waals surface area contributed by atoms with Crippen LogP contribution in [0.25, 0.3) is 6.08 Å². The van der Waals surface area contributed by atoms with E-state index in [2.05, 4.69) is 4.98 Å². The van der Waals surface area contributed by atoms with Crippen molar-refractivity contribution in [3.63, 3.8) is 0 Å². The van der Waals surface area contributed by atoms with Crippen LogP contribution in [0.5, 0.6) is 0 Å². The molecule has 0 atom stereocenters. The maximum atomic E-state index is 13.5. The lowest BCUT2D eigenvalue weighted by Crippen LogP contribution is -2.41. The van der Waals surface area contributed by atoms with E-state index in [1.54, 1.807) is 6.08 Å². The van der Waals surface area contributed by atoms with Crippen molar-refractivity contribution in [1.29, 1.82) is 0 Å². The molecule has 1 aliphatic heterocycles. The molecule has 0 aliphatic carbocycles. The van der Waals surface area contributed by atoms with Crippen molar-refractivity contribution in [2.24, 2.45) is 0 Å². The molecule has 4 nitrogen and oxygen atoms in total. The molecule has 24 heavy (non-hydrogen) atoms. The van der Waals surface area contributed by atoms with Gasteiger partial charge in [0.05, 0.1) is 17.4 Å². The molecule has 0 aromatic carbocycles. The first-order valence-electron chi connectivity index (χ1n) is 7.52. The van der Waals surface area contributed by atoms with Crippen LogP contribution < -0.4 is 0 Å². The Bertz CT molecular complexity index is 665. The predicted octanol–water partition coefficient (Wildman–Crippen LogP) is 4.17. The fraction of sp³-hybridized carbons (Fsp3) is 0.500. The molecule has 1 saturated heterocycles. The summed E-state index contributed by atoms with van der Waals surface area (Å²) in [5.74, 6) is -0.128. The number of thioether (sulfide) groups is 1. The smallest absolute Gasteiger partial charge is 0.400 e. The van der Waals surface area contributed by atoms with E-state index in [0.29, 0.717) is 16.8 Å². The molecular weight excluding hydrogens is 352 g/mol. The number of aromatic nitrogens is 1. The largest absolute Gasteiger partial charge is 0.491 e. The molecule has 0 N–H and O–H groups in total. The van der Waals surface area contributed by atoms with E-state index >= 15 is 0 Å². The monoisotopic (exact) mass is 371 g/mol. The summed E-state index contributed by atoms with van der Waals surface area (Å²) in [7, 11) is -0.638. The van der Waals surface area contributed by atoms with Gasteiger partial charge in [-0.05, 0) is 39.2 Å². The van der Waals surface area contributed by atoms with E-state index in [0.717, 1.165) is 18.0 Å². The van der Waals surface area contributed by atoms with Crippen LogP contribution in [0.3, 0.4) is 0 Å². The zero-order chi connectivity index (χ0) is 18.1. The summed E-state index contributed by atoms with van der Waals surface area (Å²) in [6, 6.07) is 1.29. The maximum absolute atomic E-state index is 13.5. The zero-order valence-corrected chi connectivity index (χ0v) is 15.9. The Morgan fingerprint density at radius 1 is 1.38 bits per heavy atom. The average molecular weight is 372 g/mol. The highest BCUT2D eigenvalue weighted by Gasteiger charge is 2.52. The van der Waals surface area contributed by atoms with Gasteiger partial charge in [-0.15, -0.1) is 0 Å². The second-order valence-corrected chi connectivity index (χ2v) is 8.13. The molecule has 1 aromatic rings. The normalized spacial score (nSPS) is 19.6. The molecule has 1 aliphatic rings. The molecule has 0 saturated carbocycles. The van der Waals surface area contributed by atoms with Crippen LogP contribution in [0.2, 0.25) is 5.15 Å². The van der Waals surface area contributed by atoms with Crippen LogP contribution in [0, 0.1) is 5.82 Å². The average Bonchev–Trinajstić information content (AvgIpc) is 2.66. The number of hydrogen-bond acceptors (Lipinski definition) is 5. The van der Waals surface area contributed by atoms with Crippen LogP contribution in [0.15, 0.2) is 17.7 Å². The number of hydrogen-bond donors (Lipinski definition) is 0. The lowest BCUT2D eigenvalue weighted by molar-refractivity contribution is -0.109. The fourth-order valence-electron chi connectivity index (χ4n) is 2.10. The topological polar surface area (TPSA) is 48.4 Å².